The van der Waals surface area contributed by atoms with E-state index in [0.717, 1.165) is 11.1 Å². The van der Waals surface area contributed by atoms with Crippen LogP contribution in [0.4, 0.5) is 0 Å². The Hall–Kier alpha value is -2.62. The number of hydrogen-bond acceptors (Lipinski definition) is 2. The minimum Gasteiger partial charge on any atom is -0.352 e. The van der Waals surface area contributed by atoms with E-state index in [1.807, 2.05) is 62.4 Å². The number of rotatable bonds is 7. The fourth-order valence-electron chi connectivity index (χ4n) is 2.22. The molecule has 0 aliphatic carbocycles. The lowest BCUT2D eigenvalue weighted by atomic mass is 10.1. The maximum Gasteiger partial charge on any atom is 0.220 e. The molecule has 0 aliphatic heterocycles. The predicted octanol–water partition coefficient (Wildman–Crippen LogP) is 3.02. The van der Waals surface area contributed by atoms with Gasteiger partial charge in [0.15, 0.2) is 0 Å². The van der Waals surface area contributed by atoms with Crippen molar-refractivity contribution in [2.24, 2.45) is 0 Å². The van der Waals surface area contributed by atoms with Crippen molar-refractivity contribution in [1.82, 2.24) is 10.6 Å². The molecule has 0 radical (unpaired) electrons. The van der Waals surface area contributed by atoms with Gasteiger partial charge in [0.05, 0.1) is 0 Å². The summed E-state index contributed by atoms with van der Waals surface area (Å²) in [5, 5.41) is 5.67. The van der Waals surface area contributed by atoms with E-state index in [1.165, 1.54) is 11.1 Å². The average molecular weight is 324 g/mol. The quantitative estimate of drug-likeness (QED) is 0.822. The first kappa shape index (κ1) is 17.7. The van der Waals surface area contributed by atoms with Gasteiger partial charge in [-0.3, -0.25) is 9.59 Å². The Labute approximate surface area is 143 Å². The van der Waals surface area contributed by atoms with Crippen LogP contribution in [0.3, 0.4) is 0 Å². The van der Waals surface area contributed by atoms with Gasteiger partial charge >= 0.3 is 0 Å². The van der Waals surface area contributed by atoms with Crippen LogP contribution < -0.4 is 10.6 Å². The highest BCUT2D eigenvalue weighted by Gasteiger charge is 2.06. The summed E-state index contributed by atoms with van der Waals surface area (Å²) < 4.78 is 0. The van der Waals surface area contributed by atoms with Gasteiger partial charge in [-0.15, -0.1) is 0 Å². The molecular formula is C20H24N2O2. The summed E-state index contributed by atoms with van der Waals surface area (Å²) in [7, 11) is 0. The summed E-state index contributed by atoms with van der Waals surface area (Å²) in [5.74, 6) is -0.220. The summed E-state index contributed by atoms with van der Waals surface area (Å²) in [4.78, 5) is 23.6. The third-order valence-corrected chi connectivity index (χ3v) is 3.80. The van der Waals surface area contributed by atoms with Gasteiger partial charge < -0.3 is 10.6 Å². The molecule has 0 saturated heterocycles. The third kappa shape index (κ3) is 6.24. The summed E-state index contributed by atoms with van der Waals surface area (Å²) in [6.07, 6.45) is 0.400. The van der Waals surface area contributed by atoms with Crippen molar-refractivity contribution in [2.75, 3.05) is 0 Å². The Balaban J connectivity index is 1.64. The number of carbonyl (C=O) groups is 2. The van der Waals surface area contributed by atoms with Gasteiger partial charge in [-0.2, -0.15) is 0 Å². The molecule has 2 aromatic rings. The smallest absolute Gasteiger partial charge is 0.220 e. The van der Waals surface area contributed by atoms with Crippen LogP contribution in [-0.2, 0) is 22.7 Å². The minimum atomic E-state index is -0.110. The highest BCUT2D eigenvalue weighted by atomic mass is 16.2. The molecule has 4 nitrogen and oxygen atoms in total. The predicted molar refractivity (Wildman–Crippen MR) is 95.3 cm³/mol. The van der Waals surface area contributed by atoms with Crippen LogP contribution in [-0.4, -0.2) is 11.8 Å². The summed E-state index contributed by atoms with van der Waals surface area (Å²) in [6.45, 7) is 5.03. The second-order valence-corrected chi connectivity index (χ2v) is 6.02. The highest BCUT2D eigenvalue weighted by Crippen LogP contribution is 2.04. The van der Waals surface area contributed by atoms with Crippen molar-refractivity contribution in [3.8, 4) is 0 Å². The number of nitrogens with one attached hydrogen (secondary N) is 2. The first-order valence-corrected chi connectivity index (χ1v) is 8.17. The lowest BCUT2D eigenvalue weighted by molar-refractivity contribution is -0.126. The van der Waals surface area contributed by atoms with Gasteiger partial charge in [0.2, 0.25) is 11.8 Å². The Morgan fingerprint density at radius 1 is 0.667 bits per heavy atom. The minimum absolute atomic E-state index is 0.110. The lowest BCUT2D eigenvalue weighted by Gasteiger charge is -2.07. The zero-order valence-electron chi connectivity index (χ0n) is 14.3. The molecule has 0 unspecified atom stereocenters. The zero-order chi connectivity index (χ0) is 17.4. The zero-order valence-corrected chi connectivity index (χ0v) is 14.3. The van der Waals surface area contributed by atoms with Crippen LogP contribution in [0.15, 0.2) is 48.5 Å². The first-order chi connectivity index (χ1) is 11.5. The fraction of sp³-hybridized carbons (Fsp3) is 0.300. The highest BCUT2D eigenvalue weighted by molar-refractivity contribution is 5.83. The van der Waals surface area contributed by atoms with Gasteiger partial charge in [0.25, 0.3) is 0 Å². The van der Waals surface area contributed by atoms with Gasteiger partial charge in [0.1, 0.15) is 0 Å². The third-order valence-electron chi connectivity index (χ3n) is 3.80. The summed E-state index contributed by atoms with van der Waals surface area (Å²) >= 11 is 0. The lowest BCUT2D eigenvalue weighted by Crippen LogP contribution is -2.27. The summed E-state index contributed by atoms with van der Waals surface area (Å²) in [5.41, 5.74) is 4.49. The molecule has 0 aromatic heterocycles. The molecule has 0 fully saturated rings. The van der Waals surface area contributed by atoms with Crippen molar-refractivity contribution >= 4 is 11.8 Å². The SMILES string of the molecule is Cc1ccc(CNC(=O)CCC(=O)NCc2ccc(C)cc2)cc1. The maximum absolute atomic E-state index is 11.8. The van der Waals surface area contributed by atoms with Crippen LogP contribution in [0.1, 0.15) is 35.1 Å². The van der Waals surface area contributed by atoms with Gasteiger partial charge in [-0.1, -0.05) is 59.7 Å². The van der Waals surface area contributed by atoms with Gasteiger partial charge in [-0.25, -0.2) is 0 Å². The molecule has 2 aromatic carbocycles. The van der Waals surface area contributed by atoms with Gasteiger partial charge in [-0.05, 0) is 25.0 Å². The largest absolute Gasteiger partial charge is 0.352 e. The second-order valence-electron chi connectivity index (χ2n) is 6.02. The molecule has 0 atom stereocenters. The number of carbonyl (C=O) groups excluding carboxylic acids is 2. The molecular weight excluding hydrogens is 300 g/mol. The molecule has 0 bridgehead atoms. The van der Waals surface area contributed by atoms with Crippen LogP contribution in [0.5, 0.6) is 0 Å². The molecule has 24 heavy (non-hydrogen) atoms. The number of aryl methyl sites for hydroxylation is 2. The fourth-order valence-corrected chi connectivity index (χ4v) is 2.22. The monoisotopic (exact) mass is 324 g/mol. The first-order valence-electron chi connectivity index (χ1n) is 8.17. The Bertz CT molecular complexity index is 614. The van der Waals surface area contributed by atoms with Crippen molar-refractivity contribution in [3.05, 3.63) is 70.8 Å². The molecule has 2 amide bonds. The molecule has 0 heterocycles. The molecule has 2 N–H and O–H groups in total. The van der Waals surface area contributed by atoms with E-state index >= 15 is 0 Å². The van der Waals surface area contributed by atoms with E-state index in [2.05, 4.69) is 10.6 Å². The molecule has 0 spiro atoms. The maximum atomic E-state index is 11.8. The topological polar surface area (TPSA) is 58.2 Å². The summed E-state index contributed by atoms with van der Waals surface area (Å²) in [6, 6.07) is 16.0. The van der Waals surface area contributed by atoms with Crippen LogP contribution in [0.25, 0.3) is 0 Å². The van der Waals surface area contributed by atoms with E-state index in [-0.39, 0.29) is 24.7 Å². The molecule has 2 rings (SSSR count). The van der Waals surface area contributed by atoms with E-state index in [0.29, 0.717) is 13.1 Å². The van der Waals surface area contributed by atoms with Crippen molar-refractivity contribution in [1.29, 1.82) is 0 Å². The van der Waals surface area contributed by atoms with E-state index in [1.54, 1.807) is 0 Å². The van der Waals surface area contributed by atoms with E-state index in [4.69, 9.17) is 0 Å². The van der Waals surface area contributed by atoms with Crippen LogP contribution >= 0.6 is 0 Å². The number of hydrogen-bond donors (Lipinski definition) is 2. The number of benzene rings is 2. The molecule has 4 heteroatoms. The average Bonchev–Trinajstić information content (AvgIpc) is 2.59. The van der Waals surface area contributed by atoms with Crippen LogP contribution in [0.2, 0.25) is 0 Å². The van der Waals surface area contributed by atoms with Crippen molar-refractivity contribution < 1.29 is 9.59 Å². The molecule has 0 aliphatic rings. The normalized spacial score (nSPS) is 10.2. The van der Waals surface area contributed by atoms with E-state index in [9.17, 15) is 9.59 Å². The van der Waals surface area contributed by atoms with Gasteiger partial charge in [0, 0.05) is 25.9 Å². The molecule has 0 saturated carbocycles. The Morgan fingerprint density at radius 2 is 1.00 bits per heavy atom. The van der Waals surface area contributed by atoms with E-state index < -0.39 is 0 Å². The Morgan fingerprint density at radius 3 is 1.33 bits per heavy atom. The second kappa shape index (κ2) is 8.87. The standard InChI is InChI=1S/C20H24N2O2/c1-15-3-7-17(8-4-15)13-21-19(23)11-12-20(24)22-14-18-9-5-16(2)6-10-18/h3-10H,11-14H2,1-2H3,(H,21,23)(H,22,24). The van der Waals surface area contributed by atoms with Crippen molar-refractivity contribution in [3.63, 3.8) is 0 Å². The van der Waals surface area contributed by atoms with Crippen molar-refractivity contribution in [2.45, 2.75) is 39.8 Å². The Kier molecular flexibility index (Phi) is 6.55. The molecule has 126 valence electrons. The van der Waals surface area contributed by atoms with Crippen LogP contribution in [0, 0.1) is 13.8 Å². The number of amides is 2.